The van der Waals surface area contributed by atoms with Gasteiger partial charge in [-0.2, -0.15) is 0 Å². The van der Waals surface area contributed by atoms with Crippen LogP contribution in [0.25, 0.3) is 0 Å². The normalized spacial score (nSPS) is 14.2. The molecule has 1 fully saturated rings. The van der Waals surface area contributed by atoms with Crippen LogP contribution in [0, 0.1) is 0 Å². The molecule has 0 atom stereocenters. The van der Waals surface area contributed by atoms with E-state index in [4.69, 9.17) is 4.42 Å². The van der Waals surface area contributed by atoms with Gasteiger partial charge in [0.15, 0.2) is 0 Å². The van der Waals surface area contributed by atoms with Crippen molar-refractivity contribution < 1.29 is 9.21 Å². The van der Waals surface area contributed by atoms with E-state index in [9.17, 15) is 4.79 Å². The van der Waals surface area contributed by atoms with Gasteiger partial charge in [0.1, 0.15) is 17.3 Å². The predicted octanol–water partition coefficient (Wildman–Crippen LogP) is 2.64. The van der Waals surface area contributed by atoms with E-state index in [1.807, 2.05) is 41.3 Å². The molecule has 138 valence electrons. The molecular formula is C20H21N5O2. The quantitative estimate of drug-likeness (QED) is 0.751. The fourth-order valence-electron chi connectivity index (χ4n) is 3.07. The lowest BCUT2D eigenvalue weighted by molar-refractivity contribution is 0.0740. The third kappa shape index (κ3) is 4.08. The summed E-state index contributed by atoms with van der Waals surface area (Å²) >= 11 is 0. The van der Waals surface area contributed by atoms with Crippen LogP contribution in [-0.4, -0.2) is 47.0 Å². The van der Waals surface area contributed by atoms with Crippen molar-refractivity contribution in [3.8, 4) is 0 Å². The number of pyridine rings is 2. The Morgan fingerprint density at radius 2 is 1.93 bits per heavy atom. The van der Waals surface area contributed by atoms with Crippen LogP contribution in [0.5, 0.6) is 0 Å². The average molecular weight is 363 g/mol. The number of aromatic nitrogens is 2. The lowest BCUT2D eigenvalue weighted by atomic mass is 10.2. The number of nitrogens with zero attached hydrogens (tertiary/aromatic N) is 4. The summed E-state index contributed by atoms with van der Waals surface area (Å²) in [5, 5.41) is 3.22. The van der Waals surface area contributed by atoms with Crippen molar-refractivity contribution in [2.75, 3.05) is 36.4 Å². The summed E-state index contributed by atoms with van der Waals surface area (Å²) < 4.78 is 5.29. The van der Waals surface area contributed by atoms with Gasteiger partial charge in [-0.05, 0) is 36.4 Å². The van der Waals surface area contributed by atoms with E-state index in [-0.39, 0.29) is 5.91 Å². The molecule has 7 heteroatoms. The first-order valence-electron chi connectivity index (χ1n) is 8.97. The summed E-state index contributed by atoms with van der Waals surface area (Å²) in [5.41, 5.74) is 1.31. The number of hydrogen-bond donors (Lipinski definition) is 1. The van der Waals surface area contributed by atoms with Crippen LogP contribution in [0.4, 0.5) is 11.5 Å². The van der Waals surface area contributed by atoms with Crippen LogP contribution >= 0.6 is 0 Å². The molecule has 7 nitrogen and oxygen atoms in total. The van der Waals surface area contributed by atoms with Crippen molar-refractivity contribution in [2.45, 2.75) is 6.54 Å². The van der Waals surface area contributed by atoms with Crippen LogP contribution in [0.1, 0.15) is 16.2 Å². The topological polar surface area (TPSA) is 74.5 Å². The fraction of sp³-hybridized carbons (Fsp3) is 0.250. The van der Waals surface area contributed by atoms with Gasteiger partial charge in [0.25, 0.3) is 5.91 Å². The monoisotopic (exact) mass is 363 g/mol. The Hall–Kier alpha value is -3.35. The summed E-state index contributed by atoms with van der Waals surface area (Å²) in [5.74, 6) is 1.77. The van der Waals surface area contributed by atoms with Gasteiger partial charge in [0.05, 0.1) is 24.7 Å². The van der Waals surface area contributed by atoms with Crippen LogP contribution < -0.4 is 10.2 Å². The van der Waals surface area contributed by atoms with Crippen molar-refractivity contribution in [3.63, 3.8) is 0 Å². The minimum atomic E-state index is -0.0340. The van der Waals surface area contributed by atoms with Gasteiger partial charge in [0, 0.05) is 32.4 Å². The molecule has 3 aromatic rings. The summed E-state index contributed by atoms with van der Waals surface area (Å²) in [6.07, 6.45) is 5.11. The first-order valence-corrected chi connectivity index (χ1v) is 8.97. The van der Waals surface area contributed by atoms with E-state index in [1.165, 1.54) is 0 Å². The molecule has 0 unspecified atom stereocenters. The Labute approximate surface area is 157 Å². The van der Waals surface area contributed by atoms with Gasteiger partial charge in [-0.1, -0.05) is 6.07 Å². The fourth-order valence-corrected chi connectivity index (χ4v) is 3.07. The van der Waals surface area contributed by atoms with Gasteiger partial charge < -0.3 is 19.5 Å². The molecule has 0 bridgehead atoms. The van der Waals surface area contributed by atoms with Gasteiger partial charge in [-0.3, -0.25) is 4.79 Å². The molecular weight excluding hydrogens is 342 g/mol. The molecule has 0 spiro atoms. The number of rotatable bonds is 5. The number of furan rings is 1. The van der Waals surface area contributed by atoms with Crippen molar-refractivity contribution >= 4 is 17.4 Å². The first-order chi connectivity index (χ1) is 13.3. The minimum Gasteiger partial charge on any atom is -0.467 e. The molecule has 0 saturated carbocycles. The number of carbonyl (C=O) groups is 1. The van der Waals surface area contributed by atoms with E-state index in [1.54, 1.807) is 24.7 Å². The lowest BCUT2D eigenvalue weighted by Gasteiger charge is -2.35. The number of amides is 1. The molecule has 4 heterocycles. The van der Waals surface area contributed by atoms with Crippen molar-refractivity contribution in [1.82, 2.24) is 14.9 Å². The standard InChI is InChI=1S/C20H21N5O2/c26-20(25-11-9-24(10-12-25)19-5-1-2-8-21-19)18-7-6-16(14-23-18)22-15-17-4-3-13-27-17/h1-8,13-14,22H,9-12,15H2. The smallest absolute Gasteiger partial charge is 0.272 e. The van der Waals surface area contributed by atoms with E-state index < -0.39 is 0 Å². The zero-order valence-corrected chi connectivity index (χ0v) is 14.9. The Morgan fingerprint density at radius 3 is 2.59 bits per heavy atom. The predicted molar refractivity (Wildman–Crippen MR) is 103 cm³/mol. The average Bonchev–Trinajstić information content (AvgIpc) is 3.27. The second-order valence-electron chi connectivity index (χ2n) is 6.33. The maximum absolute atomic E-state index is 12.7. The van der Waals surface area contributed by atoms with Crippen molar-refractivity contribution in [1.29, 1.82) is 0 Å². The largest absolute Gasteiger partial charge is 0.467 e. The Balaban J connectivity index is 1.32. The molecule has 1 aliphatic heterocycles. The minimum absolute atomic E-state index is 0.0340. The molecule has 4 rings (SSSR count). The van der Waals surface area contributed by atoms with Crippen LogP contribution in [0.2, 0.25) is 0 Å². The molecule has 1 amide bonds. The lowest BCUT2D eigenvalue weighted by Crippen LogP contribution is -2.49. The first kappa shape index (κ1) is 17.1. The number of piperazine rings is 1. The maximum atomic E-state index is 12.7. The van der Waals surface area contributed by atoms with Crippen molar-refractivity contribution in [2.24, 2.45) is 0 Å². The molecule has 1 saturated heterocycles. The highest BCUT2D eigenvalue weighted by Gasteiger charge is 2.23. The zero-order valence-electron chi connectivity index (χ0n) is 14.9. The van der Waals surface area contributed by atoms with E-state index in [0.717, 1.165) is 30.4 Å². The highest BCUT2D eigenvalue weighted by atomic mass is 16.3. The van der Waals surface area contributed by atoms with E-state index >= 15 is 0 Å². The zero-order chi connectivity index (χ0) is 18.5. The van der Waals surface area contributed by atoms with Gasteiger partial charge in [-0.25, -0.2) is 9.97 Å². The molecule has 1 N–H and O–H groups in total. The molecule has 27 heavy (non-hydrogen) atoms. The van der Waals surface area contributed by atoms with Crippen molar-refractivity contribution in [3.05, 3.63) is 72.6 Å². The Bertz CT molecular complexity index is 857. The summed E-state index contributed by atoms with van der Waals surface area (Å²) in [6, 6.07) is 13.3. The SMILES string of the molecule is O=C(c1ccc(NCc2ccco2)cn1)N1CCN(c2ccccn2)CC1. The Kier molecular flexibility index (Phi) is 5.00. The summed E-state index contributed by atoms with van der Waals surface area (Å²) in [7, 11) is 0. The second kappa shape index (κ2) is 7.90. The van der Waals surface area contributed by atoms with Gasteiger partial charge >= 0.3 is 0 Å². The second-order valence-corrected chi connectivity index (χ2v) is 6.33. The number of hydrogen-bond acceptors (Lipinski definition) is 6. The highest BCUT2D eigenvalue weighted by Crippen LogP contribution is 2.15. The summed E-state index contributed by atoms with van der Waals surface area (Å²) in [4.78, 5) is 25.4. The third-order valence-corrected chi connectivity index (χ3v) is 4.57. The molecule has 3 aromatic heterocycles. The number of carbonyl (C=O) groups excluding carboxylic acids is 1. The Morgan fingerprint density at radius 1 is 1.04 bits per heavy atom. The molecule has 0 radical (unpaired) electrons. The van der Waals surface area contributed by atoms with E-state index in [2.05, 4.69) is 20.2 Å². The van der Waals surface area contributed by atoms with Gasteiger partial charge in [0.2, 0.25) is 0 Å². The third-order valence-electron chi connectivity index (χ3n) is 4.57. The summed E-state index contributed by atoms with van der Waals surface area (Å²) in [6.45, 7) is 3.44. The number of anilines is 2. The number of nitrogens with one attached hydrogen (secondary N) is 1. The highest BCUT2D eigenvalue weighted by molar-refractivity contribution is 5.92. The van der Waals surface area contributed by atoms with Crippen LogP contribution in [0.3, 0.4) is 0 Å². The maximum Gasteiger partial charge on any atom is 0.272 e. The molecule has 0 aromatic carbocycles. The van der Waals surface area contributed by atoms with Gasteiger partial charge in [-0.15, -0.1) is 0 Å². The molecule has 0 aliphatic carbocycles. The van der Waals surface area contributed by atoms with Crippen LogP contribution in [-0.2, 0) is 6.54 Å². The van der Waals surface area contributed by atoms with E-state index in [0.29, 0.717) is 25.3 Å². The molecule has 1 aliphatic rings. The van der Waals surface area contributed by atoms with Crippen LogP contribution in [0.15, 0.2) is 65.5 Å².